The maximum absolute atomic E-state index is 13.8. The highest BCUT2D eigenvalue weighted by Crippen LogP contribution is 2.32. The molecule has 1 aromatic rings. The van der Waals surface area contributed by atoms with Crippen LogP contribution < -0.4 is 10.6 Å². The van der Waals surface area contributed by atoms with Gasteiger partial charge in [0.05, 0.1) is 11.3 Å². The van der Waals surface area contributed by atoms with Gasteiger partial charge in [0.15, 0.2) is 11.5 Å². The van der Waals surface area contributed by atoms with Crippen molar-refractivity contribution in [1.82, 2.24) is 19.9 Å². The third-order valence-corrected chi connectivity index (χ3v) is 6.96. The van der Waals surface area contributed by atoms with Gasteiger partial charge in [-0.15, -0.1) is 0 Å². The van der Waals surface area contributed by atoms with Crippen LogP contribution in [-0.2, 0) is 14.8 Å². The molecule has 148 valence electrons. The van der Waals surface area contributed by atoms with Crippen molar-refractivity contribution in [3.8, 4) is 0 Å². The summed E-state index contributed by atoms with van der Waals surface area (Å²) < 4.78 is 40.1. The summed E-state index contributed by atoms with van der Waals surface area (Å²) in [5.74, 6) is -2.23. The Bertz CT molecular complexity index is 839. The molecule has 0 aromatic carbocycles. The van der Waals surface area contributed by atoms with E-state index in [2.05, 4.69) is 15.6 Å². The molecular weight excluding hydrogens is 375 g/mol. The van der Waals surface area contributed by atoms with Gasteiger partial charge < -0.3 is 10.6 Å². The number of nitrogens with zero attached hydrogens (tertiary/aromatic N) is 2. The number of aromatic nitrogens is 1. The number of rotatable bonds is 4. The molecule has 3 rings (SSSR count). The molecule has 1 saturated carbocycles. The molecule has 8 nitrogen and oxygen atoms in total. The van der Waals surface area contributed by atoms with Crippen LogP contribution in [0.15, 0.2) is 18.3 Å². The number of carbonyl (C=O) groups excluding carboxylic acids is 2. The van der Waals surface area contributed by atoms with Crippen molar-refractivity contribution in [3.63, 3.8) is 0 Å². The van der Waals surface area contributed by atoms with Gasteiger partial charge in [-0.05, 0) is 31.9 Å². The zero-order valence-corrected chi connectivity index (χ0v) is 15.9. The van der Waals surface area contributed by atoms with E-state index in [9.17, 15) is 22.4 Å². The largest absolute Gasteiger partial charge is 0.348 e. The van der Waals surface area contributed by atoms with E-state index in [1.807, 2.05) is 0 Å². The van der Waals surface area contributed by atoms with E-state index in [1.165, 1.54) is 23.5 Å². The van der Waals surface area contributed by atoms with Gasteiger partial charge in [-0.25, -0.2) is 17.8 Å². The molecule has 2 fully saturated rings. The average Bonchev–Trinajstić information content (AvgIpc) is 3.02. The lowest BCUT2D eigenvalue weighted by Gasteiger charge is -2.32. The predicted octanol–water partition coefficient (Wildman–Crippen LogP) is 0.413. The summed E-state index contributed by atoms with van der Waals surface area (Å²) in [7, 11) is -3.57. The quantitative estimate of drug-likeness (QED) is 0.764. The number of pyridine rings is 1. The molecule has 1 aliphatic carbocycles. The zero-order valence-electron chi connectivity index (χ0n) is 15.1. The van der Waals surface area contributed by atoms with Gasteiger partial charge in [-0.2, -0.15) is 4.31 Å². The lowest BCUT2D eigenvalue weighted by atomic mass is 9.98. The summed E-state index contributed by atoms with van der Waals surface area (Å²) >= 11 is 0. The number of sulfonamides is 1. The van der Waals surface area contributed by atoms with Gasteiger partial charge in [0.25, 0.3) is 5.91 Å². The van der Waals surface area contributed by atoms with Gasteiger partial charge in [0.1, 0.15) is 6.04 Å². The molecule has 0 radical (unpaired) electrons. The lowest BCUT2D eigenvalue weighted by molar-refractivity contribution is -0.124. The average molecular weight is 398 g/mol. The van der Waals surface area contributed by atoms with Crippen LogP contribution in [0, 0.1) is 5.82 Å². The normalized spacial score (nSPS) is 23.0. The van der Waals surface area contributed by atoms with Crippen molar-refractivity contribution in [2.75, 3.05) is 18.8 Å². The molecule has 1 aromatic heterocycles. The fourth-order valence-corrected chi connectivity index (χ4v) is 4.88. The van der Waals surface area contributed by atoms with Crippen molar-refractivity contribution in [1.29, 1.82) is 0 Å². The Hall–Kier alpha value is -2.07. The molecule has 2 aliphatic rings. The minimum atomic E-state index is -3.57. The van der Waals surface area contributed by atoms with Crippen LogP contribution in [-0.4, -0.2) is 59.9 Å². The minimum absolute atomic E-state index is 0.104. The summed E-state index contributed by atoms with van der Waals surface area (Å²) in [5.41, 5.74) is -1.05. The molecule has 1 aliphatic heterocycles. The van der Waals surface area contributed by atoms with Gasteiger partial charge in [-0.1, -0.05) is 12.8 Å². The standard InChI is InChI=1S/C17H23FN4O4S/c1-2-27(25,26)22-10-13(15(23)21-17(11-22)7-3-4-8-17)20-16(24)14-12(18)6-5-9-19-14/h5-6,9,13H,2-4,7-8,10-11H2,1H3,(H,20,24)(H,21,23). The Morgan fingerprint density at radius 2 is 2.15 bits per heavy atom. The second-order valence-electron chi connectivity index (χ2n) is 7.03. The van der Waals surface area contributed by atoms with Gasteiger partial charge in [-0.3, -0.25) is 9.59 Å². The Balaban J connectivity index is 1.87. The molecule has 0 bridgehead atoms. The predicted molar refractivity (Wildman–Crippen MR) is 95.8 cm³/mol. The smallest absolute Gasteiger partial charge is 0.273 e. The van der Waals surface area contributed by atoms with Crippen LogP contribution in [0.3, 0.4) is 0 Å². The first-order chi connectivity index (χ1) is 12.8. The van der Waals surface area contributed by atoms with Crippen molar-refractivity contribution >= 4 is 21.8 Å². The number of hydrogen-bond donors (Lipinski definition) is 2. The second-order valence-corrected chi connectivity index (χ2v) is 9.29. The minimum Gasteiger partial charge on any atom is -0.348 e. The highest BCUT2D eigenvalue weighted by atomic mass is 32.2. The number of halogens is 1. The Morgan fingerprint density at radius 3 is 2.78 bits per heavy atom. The van der Waals surface area contributed by atoms with Crippen LogP contribution in [0.25, 0.3) is 0 Å². The van der Waals surface area contributed by atoms with E-state index in [4.69, 9.17) is 0 Å². The van der Waals surface area contributed by atoms with Gasteiger partial charge in [0.2, 0.25) is 15.9 Å². The van der Waals surface area contributed by atoms with E-state index in [0.29, 0.717) is 12.8 Å². The number of amides is 2. The first-order valence-corrected chi connectivity index (χ1v) is 10.6. The second kappa shape index (κ2) is 7.51. The van der Waals surface area contributed by atoms with E-state index in [1.54, 1.807) is 0 Å². The molecule has 2 amide bonds. The van der Waals surface area contributed by atoms with E-state index in [-0.39, 0.29) is 18.8 Å². The Morgan fingerprint density at radius 1 is 1.44 bits per heavy atom. The van der Waals surface area contributed by atoms with Crippen LogP contribution >= 0.6 is 0 Å². The van der Waals surface area contributed by atoms with Crippen molar-refractivity contribution in [2.45, 2.75) is 44.2 Å². The maximum atomic E-state index is 13.8. The Labute approximate surface area is 157 Å². The molecule has 1 spiro atoms. The van der Waals surface area contributed by atoms with Crippen molar-refractivity contribution < 1.29 is 22.4 Å². The highest BCUT2D eigenvalue weighted by molar-refractivity contribution is 7.89. The summed E-state index contributed by atoms with van der Waals surface area (Å²) in [6.45, 7) is 1.52. The first kappa shape index (κ1) is 19.7. The number of nitrogens with one attached hydrogen (secondary N) is 2. The van der Waals surface area contributed by atoms with E-state index < -0.39 is 44.9 Å². The van der Waals surface area contributed by atoms with Crippen molar-refractivity contribution in [3.05, 3.63) is 29.8 Å². The molecule has 2 heterocycles. The summed E-state index contributed by atoms with van der Waals surface area (Å²) in [6, 6.07) is 1.32. The van der Waals surface area contributed by atoms with Crippen LogP contribution in [0.1, 0.15) is 43.1 Å². The highest BCUT2D eigenvalue weighted by Gasteiger charge is 2.45. The van der Waals surface area contributed by atoms with Gasteiger partial charge >= 0.3 is 0 Å². The molecule has 27 heavy (non-hydrogen) atoms. The monoisotopic (exact) mass is 398 g/mol. The fraction of sp³-hybridized carbons (Fsp3) is 0.588. The van der Waals surface area contributed by atoms with Crippen LogP contribution in [0.4, 0.5) is 4.39 Å². The molecule has 10 heteroatoms. The topological polar surface area (TPSA) is 108 Å². The summed E-state index contributed by atoms with van der Waals surface area (Å²) in [4.78, 5) is 28.8. The lowest BCUT2D eigenvalue weighted by Crippen LogP contribution is -2.54. The fourth-order valence-electron chi connectivity index (χ4n) is 3.70. The molecule has 1 saturated heterocycles. The Kier molecular flexibility index (Phi) is 5.48. The van der Waals surface area contributed by atoms with Crippen molar-refractivity contribution in [2.24, 2.45) is 0 Å². The molecular formula is C17H23FN4O4S. The molecule has 1 unspecified atom stereocenters. The zero-order chi connectivity index (χ0) is 19.7. The summed E-state index contributed by atoms with van der Waals surface area (Å²) in [6.07, 6.45) is 4.44. The molecule has 2 N–H and O–H groups in total. The maximum Gasteiger partial charge on any atom is 0.273 e. The van der Waals surface area contributed by atoms with Crippen LogP contribution in [0.5, 0.6) is 0 Å². The SMILES string of the molecule is CCS(=O)(=O)N1CC(NC(=O)c2ncccc2F)C(=O)NC2(CCCC2)C1. The summed E-state index contributed by atoms with van der Waals surface area (Å²) in [5, 5.41) is 5.37. The third kappa shape index (κ3) is 4.11. The van der Waals surface area contributed by atoms with E-state index >= 15 is 0 Å². The van der Waals surface area contributed by atoms with Crippen LogP contribution in [0.2, 0.25) is 0 Å². The number of hydrogen-bond acceptors (Lipinski definition) is 5. The molecule has 1 atom stereocenters. The van der Waals surface area contributed by atoms with Gasteiger partial charge in [0, 0.05) is 19.3 Å². The number of carbonyl (C=O) groups is 2. The van der Waals surface area contributed by atoms with E-state index in [0.717, 1.165) is 18.9 Å². The third-order valence-electron chi connectivity index (χ3n) is 5.17. The first-order valence-electron chi connectivity index (χ1n) is 8.97.